The Balaban J connectivity index is 2.40. The third-order valence-electron chi connectivity index (χ3n) is 6.92. The maximum atomic E-state index is 15.7. The molecule has 0 aliphatic carbocycles. The van der Waals surface area contributed by atoms with E-state index < -0.39 is 29.5 Å². The van der Waals surface area contributed by atoms with E-state index in [9.17, 15) is 24.6 Å². The number of likely N-dealkylation sites (N-methyl/N-ethyl adjacent to an activating group) is 1. The summed E-state index contributed by atoms with van der Waals surface area (Å²) in [6, 6.07) is 9.01. The Hall–Kier alpha value is -3.28. The van der Waals surface area contributed by atoms with Crippen LogP contribution in [0.5, 0.6) is 5.75 Å². The third-order valence-corrected chi connectivity index (χ3v) is 6.92. The number of aliphatic hydroxyl groups is 2. The number of benzene rings is 2. The van der Waals surface area contributed by atoms with Gasteiger partial charge in [0.2, 0.25) is 12.3 Å². The van der Waals surface area contributed by atoms with Crippen molar-refractivity contribution in [2.24, 2.45) is 5.41 Å². The van der Waals surface area contributed by atoms with Gasteiger partial charge in [-0.15, -0.1) is 0 Å². The summed E-state index contributed by atoms with van der Waals surface area (Å²) in [6.45, 7) is 10.9. The average molecular weight is 586 g/mol. The van der Waals surface area contributed by atoms with Crippen LogP contribution in [-0.4, -0.2) is 78.7 Å². The maximum absolute atomic E-state index is 15.7. The second-order valence-corrected chi connectivity index (χ2v) is 12.1. The predicted octanol–water partition coefficient (Wildman–Crippen LogP) is 2.23. The van der Waals surface area contributed by atoms with Crippen LogP contribution in [0.3, 0.4) is 0 Å². The fraction of sp³-hybridized carbons (Fsp3) is 0.516. The molecule has 0 aliphatic rings. The van der Waals surface area contributed by atoms with E-state index in [2.05, 4.69) is 26.1 Å². The molecule has 3 atom stereocenters. The second kappa shape index (κ2) is 15.3. The van der Waals surface area contributed by atoms with Gasteiger partial charge in [0.25, 0.3) is 0 Å². The van der Waals surface area contributed by atoms with Gasteiger partial charge in [0.15, 0.2) is 7.85 Å². The van der Waals surface area contributed by atoms with Gasteiger partial charge in [-0.2, -0.15) is 0 Å². The van der Waals surface area contributed by atoms with Crippen LogP contribution in [0.4, 0.5) is 4.39 Å². The minimum atomic E-state index is -2.00. The van der Waals surface area contributed by atoms with Gasteiger partial charge >= 0.3 is 0 Å². The van der Waals surface area contributed by atoms with Gasteiger partial charge in [-0.25, -0.2) is 4.39 Å². The number of aliphatic hydroxyl groups excluding tert-OH is 1. The van der Waals surface area contributed by atoms with Crippen LogP contribution in [0.2, 0.25) is 0 Å². The number of aryl methyl sites for hydroxylation is 1. The van der Waals surface area contributed by atoms with Gasteiger partial charge in [0.1, 0.15) is 36.1 Å². The van der Waals surface area contributed by atoms with Crippen LogP contribution < -0.4 is 10.1 Å². The molecule has 9 nitrogen and oxygen atoms in total. The minimum Gasteiger partial charge on any atom is -0.488 e. The summed E-state index contributed by atoms with van der Waals surface area (Å²) >= 11 is 0. The highest BCUT2D eigenvalue weighted by atomic mass is 19.1. The van der Waals surface area contributed by atoms with Gasteiger partial charge in [0.05, 0.1) is 6.10 Å². The fourth-order valence-electron chi connectivity index (χ4n) is 5.26. The molecule has 11 heteroatoms. The van der Waals surface area contributed by atoms with Crippen molar-refractivity contribution in [3.8, 4) is 5.75 Å². The molecule has 230 valence electrons. The number of carbonyl (C=O) groups is 3. The zero-order valence-corrected chi connectivity index (χ0v) is 25.8. The zero-order valence-electron chi connectivity index (χ0n) is 25.8. The summed E-state index contributed by atoms with van der Waals surface area (Å²) in [5.41, 5.74) is -0.467. The fourth-order valence-corrected chi connectivity index (χ4v) is 5.26. The normalized spacial score (nSPS) is 14.5. The van der Waals surface area contributed by atoms with Crippen LogP contribution >= 0.6 is 0 Å². The molecule has 2 aromatic rings. The Kier molecular flexibility index (Phi) is 12.7. The van der Waals surface area contributed by atoms with E-state index in [4.69, 9.17) is 4.74 Å². The molecular weight excluding hydrogens is 540 g/mol. The Morgan fingerprint density at radius 1 is 1.17 bits per heavy atom. The summed E-state index contributed by atoms with van der Waals surface area (Å²) in [6.07, 6.45) is 0.475. The van der Waals surface area contributed by atoms with E-state index in [0.29, 0.717) is 49.0 Å². The van der Waals surface area contributed by atoms with Crippen molar-refractivity contribution in [1.29, 1.82) is 0 Å². The first kappa shape index (κ1) is 34.9. The molecule has 2 amide bonds. The first-order chi connectivity index (χ1) is 19.7. The van der Waals surface area contributed by atoms with Crippen molar-refractivity contribution in [2.75, 3.05) is 20.1 Å². The molecule has 2 aromatic carbocycles. The molecule has 0 fully saturated rings. The van der Waals surface area contributed by atoms with Gasteiger partial charge < -0.3 is 30.0 Å². The first-order valence-corrected chi connectivity index (χ1v) is 14.2. The number of hydrogen-bond acceptors (Lipinski definition) is 7. The molecule has 0 aromatic heterocycles. The molecule has 0 bridgehead atoms. The molecule has 0 radical (unpaired) electrons. The molecular formula is C31H45BFN3O6. The van der Waals surface area contributed by atoms with E-state index >= 15 is 4.39 Å². The summed E-state index contributed by atoms with van der Waals surface area (Å²) in [5.74, 6) is -0.743. The highest BCUT2D eigenvalue weighted by Gasteiger charge is 2.40. The van der Waals surface area contributed by atoms with Crippen LogP contribution in [-0.2, 0) is 33.2 Å². The Morgan fingerprint density at radius 3 is 2.38 bits per heavy atom. The topological polar surface area (TPSA) is 119 Å². The van der Waals surface area contributed by atoms with E-state index in [1.165, 1.54) is 14.9 Å². The molecule has 3 N–H and O–H groups in total. The van der Waals surface area contributed by atoms with Crippen molar-refractivity contribution in [1.82, 2.24) is 15.1 Å². The largest absolute Gasteiger partial charge is 0.488 e. The van der Waals surface area contributed by atoms with Crippen molar-refractivity contribution >= 4 is 26.4 Å². The molecule has 0 saturated heterocycles. The SMILES string of the molecule is BC(O)(c1c(C)cccc1OCc1cccc(CN(CC(C)O)CC(C)(C)C)c1F)N(C=O)C(CCC=O)C(=O)NC. The van der Waals surface area contributed by atoms with E-state index in [0.717, 1.165) is 4.90 Å². The smallest absolute Gasteiger partial charge is 0.242 e. The molecule has 0 saturated carbocycles. The number of halogens is 1. The number of aldehydes is 1. The van der Waals surface area contributed by atoms with Crippen LogP contribution in [0.25, 0.3) is 0 Å². The van der Waals surface area contributed by atoms with E-state index in [1.807, 2.05) is 4.90 Å². The zero-order chi connectivity index (χ0) is 31.7. The Labute approximate surface area is 249 Å². The summed E-state index contributed by atoms with van der Waals surface area (Å²) in [7, 11) is 2.78. The van der Waals surface area contributed by atoms with Gasteiger partial charge in [-0.05, 0) is 37.3 Å². The van der Waals surface area contributed by atoms with Crippen molar-refractivity contribution in [3.05, 3.63) is 64.5 Å². The van der Waals surface area contributed by atoms with Gasteiger partial charge in [0, 0.05) is 49.8 Å². The Bertz CT molecular complexity index is 1220. The molecule has 0 heterocycles. The van der Waals surface area contributed by atoms with Crippen LogP contribution in [0, 0.1) is 18.2 Å². The van der Waals surface area contributed by atoms with Crippen molar-refractivity contribution < 1.29 is 33.7 Å². The van der Waals surface area contributed by atoms with E-state index in [1.54, 1.807) is 50.2 Å². The average Bonchev–Trinajstić information content (AvgIpc) is 2.89. The first-order valence-electron chi connectivity index (χ1n) is 14.2. The minimum absolute atomic E-state index is 0.00957. The maximum Gasteiger partial charge on any atom is 0.242 e. The summed E-state index contributed by atoms with van der Waals surface area (Å²) in [4.78, 5) is 38.9. The van der Waals surface area contributed by atoms with Gasteiger partial charge in [-0.3, -0.25) is 14.5 Å². The number of ether oxygens (including phenoxy) is 1. The second-order valence-electron chi connectivity index (χ2n) is 12.1. The quantitative estimate of drug-likeness (QED) is 0.157. The molecule has 0 aliphatic heterocycles. The summed E-state index contributed by atoms with van der Waals surface area (Å²) in [5, 5.41) is 24.2. The number of rotatable bonds is 16. The van der Waals surface area contributed by atoms with Crippen molar-refractivity contribution in [2.45, 2.75) is 78.4 Å². The van der Waals surface area contributed by atoms with Crippen LogP contribution in [0.15, 0.2) is 36.4 Å². The predicted molar refractivity (Wildman–Crippen MR) is 162 cm³/mol. The van der Waals surface area contributed by atoms with Gasteiger partial charge in [-0.1, -0.05) is 51.1 Å². The third kappa shape index (κ3) is 9.37. The molecule has 42 heavy (non-hydrogen) atoms. The lowest BCUT2D eigenvalue weighted by Gasteiger charge is -2.41. The molecule has 3 unspecified atom stereocenters. The number of amides is 2. The lowest BCUT2D eigenvalue weighted by atomic mass is 9.78. The summed E-state index contributed by atoms with van der Waals surface area (Å²) < 4.78 is 21.8. The van der Waals surface area contributed by atoms with Crippen molar-refractivity contribution in [3.63, 3.8) is 0 Å². The van der Waals surface area contributed by atoms with Crippen LogP contribution in [0.1, 0.15) is 62.8 Å². The number of nitrogens with zero attached hydrogens (tertiary/aromatic N) is 2. The Morgan fingerprint density at radius 2 is 1.81 bits per heavy atom. The number of nitrogens with one attached hydrogen (secondary N) is 1. The number of carbonyl (C=O) groups excluding carboxylic acids is 3. The monoisotopic (exact) mass is 585 g/mol. The highest BCUT2D eigenvalue weighted by molar-refractivity contribution is 6.15. The lowest BCUT2D eigenvalue weighted by molar-refractivity contribution is -0.149. The molecule has 0 spiro atoms. The standard InChI is InChI=1S/C31H45BFN3O6/c1-21-10-7-14-26(27(21)31(32,41)36(20-38)25(13-9-15-37)29(40)34-6)42-18-24-12-8-11-23(28(24)33)17-35(16-22(2)39)19-30(3,4)5/h7-8,10-12,14-15,20,22,25,39,41H,9,13,16-19,32H2,1-6H3,(H,34,40). The number of hydrogen-bond donors (Lipinski definition) is 3. The van der Waals surface area contributed by atoms with E-state index in [-0.39, 0.29) is 36.2 Å². The highest BCUT2D eigenvalue weighted by Crippen LogP contribution is 2.35. The lowest BCUT2D eigenvalue weighted by Crippen LogP contribution is -2.56. The molecule has 2 rings (SSSR count).